The highest BCUT2D eigenvalue weighted by Crippen LogP contribution is 2.41. The van der Waals surface area contributed by atoms with Crippen molar-refractivity contribution in [2.24, 2.45) is 0 Å². The summed E-state index contributed by atoms with van der Waals surface area (Å²) in [4.78, 5) is 26.4. The Bertz CT molecular complexity index is 1590. The van der Waals surface area contributed by atoms with E-state index in [0.717, 1.165) is 5.56 Å². The number of ether oxygens (including phenoxy) is 4. The summed E-state index contributed by atoms with van der Waals surface area (Å²) >= 11 is 0. The van der Waals surface area contributed by atoms with Gasteiger partial charge in [-0.2, -0.15) is 0 Å². The number of esters is 2. The van der Waals surface area contributed by atoms with Gasteiger partial charge in [0.1, 0.15) is 34.2 Å². The van der Waals surface area contributed by atoms with Crippen LogP contribution < -0.4 is 14.2 Å². The van der Waals surface area contributed by atoms with Crippen LogP contribution in [-0.4, -0.2) is 32.8 Å². The average molecular weight is 497 g/mol. The van der Waals surface area contributed by atoms with Crippen LogP contribution in [0.3, 0.4) is 0 Å². The highest BCUT2D eigenvalue weighted by Gasteiger charge is 2.26. The molecule has 0 atom stereocenters. The Morgan fingerprint density at radius 3 is 2.05 bits per heavy atom. The van der Waals surface area contributed by atoms with Crippen LogP contribution in [-0.2, 0) is 4.74 Å². The molecule has 0 fully saturated rings. The molecule has 0 radical (unpaired) electrons. The Morgan fingerprint density at radius 2 is 1.41 bits per heavy atom. The fourth-order valence-corrected chi connectivity index (χ4v) is 4.25. The SMILES string of the molecule is CCOC(=O)c1c(-c2ccccc2)oc2c1cc(OC(=O)c1cc(OC)cc(OC)c1)c1ccccc12. The highest BCUT2D eigenvalue weighted by molar-refractivity contribution is 6.17. The van der Waals surface area contributed by atoms with Gasteiger partial charge in [0.2, 0.25) is 0 Å². The second kappa shape index (κ2) is 10.1. The maximum absolute atomic E-state index is 13.2. The summed E-state index contributed by atoms with van der Waals surface area (Å²) in [5.74, 6) is 0.453. The summed E-state index contributed by atoms with van der Waals surface area (Å²) < 4.78 is 28.1. The minimum Gasteiger partial charge on any atom is -0.497 e. The van der Waals surface area contributed by atoms with E-state index < -0.39 is 11.9 Å². The first-order valence-corrected chi connectivity index (χ1v) is 11.7. The molecule has 0 unspecified atom stereocenters. The topological polar surface area (TPSA) is 84.2 Å². The first kappa shape index (κ1) is 23.9. The quantitative estimate of drug-likeness (QED) is 0.184. The maximum Gasteiger partial charge on any atom is 0.343 e. The van der Waals surface area contributed by atoms with E-state index in [0.29, 0.717) is 39.0 Å². The molecule has 4 aromatic carbocycles. The molecule has 0 amide bonds. The van der Waals surface area contributed by atoms with E-state index in [4.69, 9.17) is 23.4 Å². The first-order valence-electron chi connectivity index (χ1n) is 11.7. The second-order valence-electron chi connectivity index (χ2n) is 8.18. The molecule has 186 valence electrons. The Hall–Kier alpha value is -4.78. The zero-order valence-electron chi connectivity index (χ0n) is 20.6. The molecule has 7 heteroatoms. The smallest absolute Gasteiger partial charge is 0.343 e. The lowest BCUT2D eigenvalue weighted by molar-refractivity contribution is 0.0528. The van der Waals surface area contributed by atoms with Gasteiger partial charge in [-0.15, -0.1) is 0 Å². The van der Waals surface area contributed by atoms with E-state index in [2.05, 4.69) is 0 Å². The normalized spacial score (nSPS) is 10.9. The van der Waals surface area contributed by atoms with E-state index in [1.165, 1.54) is 14.2 Å². The zero-order chi connectivity index (χ0) is 25.9. The third-order valence-corrected chi connectivity index (χ3v) is 5.96. The Labute approximate surface area is 213 Å². The van der Waals surface area contributed by atoms with Crippen molar-refractivity contribution in [2.75, 3.05) is 20.8 Å². The molecule has 0 aliphatic carbocycles. The summed E-state index contributed by atoms with van der Waals surface area (Å²) in [6.45, 7) is 1.94. The molecule has 1 heterocycles. The van der Waals surface area contributed by atoms with Gasteiger partial charge in [0.25, 0.3) is 0 Å². The molecule has 0 N–H and O–H groups in total. The van der Waals surface area contributed by atoms with Crippen LogP contribution in [0, 0.1) is 0 Å². The average Bonchev–Trinajstić information content (AvgIpc) is 3.33. The lowest BCUT2D eigenvalue weighted by Gasteiger charge is -2.11. The van der Waals surface area contributed by atoms with Crippen LogP contribution in [0.15, 0.2) is 83.3 Å². The molecule has 0 saturated carbocycles. The van der Waals surface area contributed by atoms with Crippen molar-refractivity contribution in [1.82, 2.24) is 0 Å². The molecule has 0 saturated heterocycles. The van der Waals surface area contributed by atoms with Gasteiger partial charge in [-0.3, -0.25) is 0 Å². The molecule has 0 aliphatic rings. The molecular formula is C30H24O7. The van der Waals surface area contributed by atoms with Crippen LogP contribution in [0.4, 0.5) is 0 Å². The predicted molar refractivity (Wildman–Crippen MR) is 140 cm³/mol. The van der Waals surface area contributed by atoms with Crippen molar-refractivity contribution in [1.29, 1.82) is 0 Å². The van der Waals surface area contributed by atoms with Gasteiger partial charge in [-0.25, -0.2) is 9.59 Å². The summed E-state index contributed by atoms with van der Waals surface area (Å²) in [6.07, 6.45) is 0. The van der Waals surface area contributed by atoms with Gasteiger partial charge < -0.3 is 23.4 Å². The Morgan fingerprint density at radius 1 is 0.757 bits per heavy atom. The maximum atomic E-state index is 13.2. The zero-order valence-corrected chi connectivity index (χ0v) is 20.6. The van der Waals surface area contributed by atoms with Crippen molar-refractivity contribution < 1.29 is 33.0 Å². The van der Waals surface area contributed by atoms with Gasteiger partial charge in [0, 0.05) is 27.8 Å². The minimum atomic E-state index is -0.605. The third kappa shape index (κ3) is 4.47. The Kier molecular flexibility index (Phi) is 6.51. The van der Waals surface area contributed by atoms with Gasteiger partial charge in [-0.05, 0) is 25.1 Å². The number of carbonyl (C=O) groups is 2. The van der Waals surface area contributed by atoms with Gasteiger partial charge in [0.15, 0.2) is 0 Å². The van der Waals surface area contributed by atoms with Crippen molar-refractivity contribution in [3.05, 3.63) is 90.0 Å². The summed E-state index contributed by atoms with van der Waals surface area (Å²) in [7, 11) is 3.01. The number of benzene rings is 4. The fourth-order valence-electron chi connectivity index (χ4n) is 4.25. The van der Waals surface area contributed by atoms with Crippen LogP contribution >= 0.6 is 0 Å². The Balaban J connectivity index is 1.71. The summed E-state index contributed by atoms with van der Waals surface area (Å²) in [5, 5.41) is 1.84. The van der Waals surface area contributed by atoms with E-state index in [1.54, 1.807) is 31.2 Å². The van der Waals surface area contributed by atoms with Crippen LogP contribution in [0.2, 0.25) is 0 Å². The molecule has 5 aromatic rings. The minimum absolute atomic E-state index is 0.201. The number of furan rings is 1. The lowest BCUT2D eigenvalue weighted by Crippen LogP contribution is -2.10. The van der Waals surface area contributed by atoms with E-state index in [9.17, 15) is 9.59 Å². The largest absolute Gasteiger partial charge is 0.497 e. The molecule has 0 aliphatic heterocycles. The summed E-state index contributed by atoms with van der Waals surface area (Å²) in [5.41, 5.74) is 1.76. The predicted octanol–water partition coefficient (Wildman–Crippen LogP) is 6.67. The van der Waals surface area contributed by atoms with E-state index in [-0.39, 0.29) is 23.5 Å². The number of fused-ring (bicyclic) bond motifs is 3. The van der Waals surface area contributed by atoms with Crippen molar-refractivity contribution >= 4 is 33.7 Å². The number of hydrogen-bond donors (Lipinski definition) is 0. The summed E-state index contributed by atoms with van der Waals surface area (Å²) in [6, 6.07) is 23.2. The lowest BCUT2D eigenvalue weighted by atomic mass is 10.0. The van der Waals surface area contributed by atoms with Crippen molar-refractivity contribution in [3.8, 4) is 28.6 Å². The van der Waals surface area contributed by atoms with Crippen molar-refractivity contribution in [2.45, 2.75) is 6.92 Å². The van der Waals surface area contributed by atoms with Gasteiger partial charge in [-0.1, -0.05) is 54.6 Å². The molecular weight excluding hydrogens is 472 g/mol. The third-order valence-electron chi connectivity index (χ3n) is 5.96. The van der Waals surface area contributed by atoms with Gasteiger partial charge in [0.05, 0.1) is 26.4 Å². The van der Waals surface area contributed by atoms with Crippen LogP contribution in [0.1, 0.15) is 27.6 Å². The van der Waals surface area contributed by atoms with E-state index >= 15 is 0 Å². The first-order chi connectivity index (χ1) is 18.0. The van der Waals surface area contributed by atoms with Crippen molar-refractivity contribution in [3.63, 3.8) is 0 Å². The molecule has 5 rings (SSSR count). The number of hydrogen-bond acceptors (Lipinski definition) is 7. The molecule has 1 aromatic heterocycles. The molecule has 0 spiro atoms. The van der Waals surface area contributed by atoms with Crippen LogP contribution in [0.25, 0.3) is 33.1 Å². The standard InChI is InChI=1S/C30H24O7/c1-4-35-30(32)26-24-17-25(36-29(31)19-14-20(33-2)16-21(15-19)34-3)22-12-8-9-13-23(22)28(24)37-27(26)18-10-6-5-7-11-18/h5-17H,4H2,1-3H3. The van der Waals surface area contributed by atoms with Gasteiger partial charge >= 0.3 is 11.9 Å². The number of rotatable bonds is 7. The second-order valence-corrected chi connectivity index (χ2v) is 8.18. The molecule has 7 nitrogen and oxygen atoms in total. The fraction of sp³-hybridized carbons (Fsp3) is 0.133. The molecule has 37 heavy (non-hydrogen) atoms. The molecule has 0 bridgehead atoms. The number of methoxy groups -OCH3 is 2. The van der Waals surface area contributed by atoms with Crippen LogP contribution in [0.5, 0.6) is 17.2 Å². The monoisotopic (exact) mass is 496 g/mol. The highest BCUT2D eigenvalue weighted by atomic mass is 16.5. The van der Waals surface area contributed by atoms with E-state index in [1.807, 2.05) is 54.6 Å². The number of carbonyl (C=O) groups excluding carboxylic acids is 2.